The van der Waals surface area contributed by atoms with Crippen LogP contribution in [0, 0.1) is 6.07 Å². The number of para-hydroxylation sites is 4. The van der Waals surface area contributed by atoms with Crippen molar-refractivity contribution < 1.29 is 21.1 Å². The molecule has 0 radical (unpaired) electrons. The topological polar surface area (TPSA) is 48.1 Å². The van der Waals surface area contributed by atoms with Gasteiger partial charge in [0.25, 0.3) is 0 Å². The fourth-order valence-electron chi connectivity index (χ4n) is 9.66. The van der Waals surface area contributed by atoms with Crippen molar-refractivity contribution in [3.8, 4) is 39.3 Å². The SMILES string of the molecule is CC1(c2ccccc2)c2ccccc2N(c2[c-]c(-c3cccc4c3nc(-c3cccc5c3[n-]c3cccc(-c6ccccc6)c35)n4-c3ccccc3)ccc2)c2ncccc21.[Pt+2]. The van der Waals surface area contributed by atoms with Crippen molar-refractivity contribution in [1.29, 1.82) is 0 Å². The molecule has 0 saturated carbocycles. The summed E-state index contributed by atoms with van der Waals surface area (Å²) >= 11 is 0. The minimum atomic E-state index is -0.407. The van der Waals surface area contributed by atoms with Crippen molar-refractivity contribution in [3.63, 3.8) is 0 Å². The van der Waals surface area contributed by atoms with Gasteiger partial charge in [0.2, 0.25) is 0 Å². The molecular weight excluding hydrogens is 938 g/mol. The number of hydrogen-bond donors (Lipinski definition) is 0. The van der Waals surface area contributed by atoms with Crippen LogP contribution in [0.25, 0.3) is 72.2 Å². The average molecular weight is 975 g/mol. The summed E-state index contributed by atoms with van der Waals surface area (Å²) in [7, 11) is 0. The van der Waals surface area contributed by atoms with Crippen molar-refractivity contribution in [2.75, 3.05) is 4.90 Å². The van der Waals surface area contributed by atoms with Crippen molar-refractivity contribution in [1.82, 2.24) is 19.5 Å². The summed E-state index contributed by atoms with van der Waals surface area (Å²) in [4.78, 5) is 18.2. The molecule has 0 fully saturated rings. The molecule has 1 aliphatic heterocycles. The summed E-state index contributed by atoms with van der Waals surface area (Å²) in [6.45, 7) is 2.32. The molecule has 1 atom stereocenters. The van der Waals surface area contributed by atoms with Gasteiger partial charge in [0, 0.05) is 28.4 Å². The first-order chi connectivity index (χ1) is 30.2. The Morgan fingerprint density at radius 3 is 2.10 bits per heavy atom. The van der Waals surface area contributed by atoms with Crippen molar-refractivity contribution in [3.05, 3.63) is 229 Å². The Bertz CT molecular complexity index is 3400. The Labute approximate surface area is 374 Å². The van der Waals surface area contributed by atoms with Gasteiger partial charge >= 0.3 is 21.1 Å². The molecular formula is C56H37N5Pt. The van der Waals surface area contributed by atoms with Crippen LogP contribution < -0.4 is 9.88 Å². The maximum absolute atomic E-state index is 5.58. The second-order valence-corrected chi connectivity index (χ2v) is 15.8. The van der Waals surface area contributed by atoms with Crippen LogP contribution in [0.1, 0.15) is 23.6 Å². The zero-order valence-corrected chi connectivity index (χ0v) is 36.0. The smallest absolute Gasteiger partial charge is 0.656 e. The molecule has 4 heterocycles. The number of hydrogen-bond acceptors (Lipinski definition) is 3. The van der Waals surface area contributed by atoms with E-state index in [2.05, 4.69) is 217 Å². The summed E-state index contributed by atoms with van der Waals surface area (Å²) < 4.78 is 2.28. The Morgan fingerprint density at radius 1 is 0.581 bits per heavy atom. The summed E-state index contributed by atoms with van der Waals surface area (Å²) in [6, 6.07) is 74.4. The average Bonchev–Trinajstić information content (AvgIpc) is 3.92. The van der Waals surface area contributed by atoms with Gasteiger partial charge in [-0.1, -0.05) is 157 Å². The molecule has 6 heteroatoms. The zero-order chi connectivity index (χ0) is 40.5. The molecule has 0 saturated heterocycles. The molecule has 0 N–H and O–H groups in total. The van der Waals surface area contributed by atoms with Crippen LogP contribution in [0.5, 0.6) is 0 Å². The van der Waals surface area contributed by atoms with E-state index < -0.39 is 5.41 Å². The van der Waals surface area contributed by atoms with Crippen LogP contribution in [0.2, 0.25) is 0 Å². The minimum Gasteiger partial charge on any atom is -0.656 e. The minimum absolute atomic E-state index is 0. The number of anilines is 3. The fraction of sp³-hybridized carbons (Fsp3) is 0.0357. The van der Waals surface area contributed by atoms with E-state index in [1.165, 1.54) is 22.3 Å². The first kappa shape index (κ1) is 37.7. The molecule has 0 spiro atoms. The molecule has 296 valence electrons. The fourth-order valence-corrected chi connectivity index (χ4v) is 9.66. The molecule has 3 aromatic heterocycles. The van der Waals surface area contributed by atoms with Gasteiger partial charge in [0.05, 0.1) is 16.7 Å². The predicted octanol–water partition coefficient (Wildman–Crippen LogP) is 13.6. The molecule has 11 aromatic rings. The van der Waals surface area contributed by atoms with Gasteiger partial charge in [-0.2, -0.15) is 0 Å². The number of benzene rings is 8. The van der Waals surface area contributed by atoms with Crippen LogP contribution in [-0.2, 0) is 26.5 Å². The van der Waals surface area contributed by atoms with Gasteiger partial charge in [-0.05, 0) is 76.0 Å². The molecule has 0 aliphatic carbocycles. The van der Waals surface area contributed by atoms with Crippen molar-refractivity contribution >= 4 is 50.0 Å². The number of nitrogens with zero attached hydrogens (tertiary/aromatic N) is 5. The largest absolute Gasteiger partial charge is 2.00 e. The maximum Gasteiger partial charge on any atom is 2.00 e. The van der Waals surface area contributed by atoms with Crippen LogP contribution in [0.15, 0.2) is 206 Å². The molecule has 62 heavy (non-hydrogen) atoms. The molecule has 1 aliphatic rings. The van der Waals surface area contributed by atoms with Crippen molar-refractivity contribution in [2.24, 2.45) is 0 Å². The first-order valence-electron chi connectivity index (χ1n) is 20.7. The number of rotatable bonds is 6. The van der Waals surface area contributed by atoms with Gasteiger partial charge in [-0.3, -0.25) is 4.57 Å². The second-order valence-electron chi connectivity index (χ2n) is 15.8. The Kier molecular flexibility index (Phi) is 9.10. The van der Waals surface area contributed by atoms with E-state index in [4.69, 9.17) is 15.0 Å². The Hall–Kier alpha value is -7.33. The molecule has 8 aromatic carbocycles. The normalized spacial score (nSPS) is 14.4. The van der Waals surface area contributed by atoms with Gasteiger partial charge in [-0.15, -0.1) is 40.9 Å². The van der Waals surface area contributed by atoms with Crippen molar-refractivity contribution in [2.45, 2.75) is 12.3 Å². The van der Waals surface area contributed by atoms with E-state index in [0.717, 1.165) is 83.8 Å². The molecule has 0 bridgehead atoms. The van der Waals surface area contributed by atoms with Gasteiger partial charge < -0.3 is 9.88 Å². The standard InChI is InChI=1S/C56H37N5.Pt/c1-56(39-21-7-3-8-22-39)46-30-11-12-33-49(46)61(55-47(56)31-17-35-57-55)41-25-13-20-38(36-41)43-27-16-34-50-53(43)59-54(60(50)40-23-9-4-10-24-40)45-29-14-28-44-51-42(37-18-5-2-6-19-37)26-15-32-48(51)58-52(44)45;/h2-35H,1H3;/q-2;+2. The van der Waals surface area contributed by atoms with E-state index in [9.17, 15) is 0 Å². The third-order valence-corrected chi connectivity index (χ3v) is 12.5. The van der Waals surface area contributed by atoms with Gasteiger partial charge in [0.1, 0.15) is 11.6 Å². The number of pyridine rings is 1. The Balaban J connectivity index is 0.00000432. The summed E-state index contributed by atoms with van der Waals surface area (Å²) in [5, 5.41) is 2.26. The van der Waals surface area contributed by atoms with Gasteiger partial charge in [0.15, 0.2) is 0 Å². The molecule has 5 nitrogen and oxygen atoms in total. The molecule has 0 amide bonds. The first-order valence-corrected chi connectivity index (χ1v) is 20.7. The summed E-state index contributed by atoms with van der Waals surface area (Å²) in [5.74, 6) is 1.73. The third kappa shape index (κ3) is 5.73. The second kappa shape index (κ2) is 15.0. The van der Waals surface area contributed by atoms with Crippen LogP contribution in [0.3, 0.4) is 0 Å². The van der Waals surface area contributed by atoms with Crippen LogP contribution in [-0.4, -0.2) is 14.5 Å². The quantitative estimate of drug-likeness (QED) is 0.156. The third-order valence-electron chi connectivity index (χ3n) is 12.5. The zero-order valence-electron chi connectivity index (χ0n) is 33.7. The van der Waals surface area contributed by atoms with Gasteiger partial charge in [-0.25, -0.2) is 9.97 Å². The predicted molar refractivity (Wildman–Crippen MR) is 249 cm³/mol. The van der Waals surface area contributed by atoms with E-state index >= 15 is 0 Å². The number of imidazole rings is 1. The monoisotopic (exact) mass is 974 g/mol. The van der Waals surface area contributed by atoms with E-state index in [-0.39, 0.29) is 21.1 Å². The van der Waals surface area contributed by atoms with E-state index in [0.29, 0.717) is 0 Å². The number of aromatic nitrogens is 4. The van der Waals surface area contributed by atoms with E-state index in [1.807, 2.05) is 12.3 Å². The number of fused-ring (bicyclic) bond motifs is 6. The summed E-state index contributed by atoms with van der Waals surface area (Å²) in [6.07, 6.45) is 1.89. The van der Waals surface area contributed by atoms with Crippen LogP contribution >= 0.6 is 0 Å². The molecule has 1 unspecified atom stereocenters. The molecule has 12 rings (SSSR count). The maximum atomic E-state index is 5.58. The summed E-state index contributed by atoms with van der Waals surface area (Å²) in [5.41, 5.74) is 15.3. The van der Waals surface area contributed by atoms with Crippen LogP contribution in [0.4, 0.5) is 17.2 Å². The Morgan fingerprint density at radius 2 is 1.26 bits per heavy atom. The van der Waals surface area contributed by atoms with E-state index in [1.54, 1.807) is 0 Å².